The lowest BCUT2D eigenvalue weighted by Crippen LogP contribution is -2.34. The van der Waals surface area contributed by atoms with Crippen LogP contribution in [0.15, 0.2) is 35.1 Å². The summed E-state index contributed by atoms with van der Waals surface area (Å²) in [5.74, 6) is 0.391. The summed E-state index contributed by atoms with van der Waals surface area (Å²) in [5.41, 5.74) is 7.71. The average Bonchev–Trinajstić information content (AvgIpc) is 2.56. The van der Waals surface area contributed by atoms with E-state index in [-0.39, 0.29) is 5.56 Å². The van der Waals surface area contributed by atoms with E-state index in [1.54, 1.807) is 0 Å². The standard InChI is InChI=1S/C13H18N4O/c1-17(2,3)11-6-4-5-10(7-11)9-16-13(18)8-12(14)15-16/h4-8H,9H2,1-3H3,(H2-,14,15,18)/p+1. The maximum absolute atomic E-state index is 11.6. The summed E-state index contributed by atoms with van der Waals surface area (Å²) in [6.07, 6.45) is 0. The van der Waals surface area contributed by atoms with Crippen molar-refractivity contribution in [2.24, 2.45) is 0 Å². The number of quaternary nitrogens is 1. The Hall–Kier alpha value is -2.01. The van der Waals surface area contributed by atoms with E-state index < -0.39 is 0 Å². The molecule has 0 aliphatic rings. The smallest absolute Gasteiger partial charge is 0.268 e. The van der Waals surface area contributed by atoms with E-state index in [0.29, 0.717) is 12.4 Å². The first-order chi connectivity index (χ1) is 8.36. The number of anilines is 1. The lowest BCUT2D eigenvalue weighted by atomic mass is 10.2. The van der Waals surface area contributed by atoms with Gasteiger partial charge in [-0.1, -0.05) is 12.1 Å². The summed E-state index contributed by atoms with van der Waals surface area (Å²) in [7, 11) is 6.33. The molecule has 0 saturated carbocycles. The number of nitrogens with zero attached hydrogens (tertiary/aromatic N) is 2. The second kappa shape index (κ2) is 4.34. The molecule has 96 valence electrons. The van der Waals surface area contributed by atoms with Gasteiger partial charge in [0.1, 0.15) is 11.5 Å². The summed E-state index contributed by atoms with van der Waals surface area (Å²) in [6, 6.07) is 9.58. The molecule has 0 aliphatic carbocycles. The minimum Gasteiger partial charge on any atom is -0.384 e. The van der Waals surface area contributed by atoms with Crippen molar-refractivity contribution >= 4 is 11.5 Å². The van der Waals surface area contributed by atoms with E-state index in [0.717, 1.165) is 10.0 Å². The van der Waals surface area contributed by atoms with Gasteiger partial charge in [-0.25, -0.2) is 4.68 Å². The van der Waals surface area contributed by atoms with Gasteiger partial charge in [-0.15, -0.1) is 0 Å². The predicted molar refractivity (Wildman–Crippen MR) is 74.6 cm³/mol. The van der Waals surface area contributed by atoms with Gasteiger partial charge in [-0.3, -0.25) is 14.4 Å². The highest BCUT2D eigenvalue weighted by molar-refractivity contribution is 5.44. The zero-order chi connectivity index (χ0) is 13.3. The third-order valence-electron chi connectivity index (χ3n) is 2.83. The number of nitrogen functional groups attached to an aromatic ring is 1. The summed E-state index contributed by atoms with van der Waals surface area (Å²) in [6.45, 7) is 0.504. The van der Waals surface area contributed by atoms with Crippen LogP contribution < -0.4 is 15.8 Å². The first kappa shape index (κ1) is 12.4. The number of H-pyrrole nitrogens is 1. The molecule has 0 aliphatic heterocycles. The highest BCUT2D eigenvalue weighted by atomic mass is 16.1. The molecule has 0 saturated heterocycles. The molecule has 3 N–H and O–H groups in total. The van der Waals surface area contributed by atoms with Gasteiger partial charge in [0.2, 0.25) is 0 Å². The van der Waals surface area contributed by atoms with Crippen molar-refractivity contribution in [3.63, 3.8) is 0 Å². The Morgan fingerprint density at radius 1 is 1.28 bits per heavy atom. The van der Waals surface area contributed by atoms with Crippen LogP contribution in [0.25, 0.3) is 0 Å². The zero-order valence-corrected chi connectivity index (χ0v) is 11.0. The SMILES string of the molecule is C[N+](C)(C)c1cccc(Cn2[nH]c(N)cc2=O)c1. The number of aromatic amines is 1. The number of rotatable bonds is 3. The van der Waals surface area contributed by atoms with Crippen LogP contribution in [0.3, 0.4) is 0 Å². The third kappa shape index (κ3) is 2.62. The lowest BCUT2D eigenvalue weighted by Gasteiger charge is -2.23. The molecular formula is C13H19N4O+. The van der Waals surface area contributed by atoms with E-state index in [1.807, 2.05) is 12.1 Å². The minimum atomic E-state index is -0.108. The van der Waals surface area contributed by atoms with Crippen molar-refractivity contribution in [3.8, 4) is 0 Å². The summed E-state index contributed by atoms with van der Waals surface area (Å²) in [4.78, 5) is 11.6. The molecule has 0 bridgehead atoms. The lowest BCUT2D eigenvalue weighted by molar-refractivity contribution is 0.485. The van der Waals surface area contributed by atoms with Gasteiger partial charge in [0.25, 0.3) is 5.56 Å². The Bertz CT molecular complexity index is 604. The number of benzene rings is 1. The van der Waals surface area contributed by atoms with Gasteiger partial charge in [0, 0.05) is 12.1 Å². The topological polar surface area (TPSA) is 63.8 Å². The van der Waals surface area contributed by atoms with Crippen LogP contribution in [0.2, 0.25) is 0 Å². The van der Waals surface area contributed by atoms with Crippen LogP contribution >= 0.6 is 0 Å². The molecule has 1 aromatic carbocycles. The Balaban J connectivity index is 2.30. The Morgan fingerprint density at radius 3 is 2.56 bits per heavy atom. The van der Waals surface area contributed by atoms with Gasteiger partial charge in [-0.2, -0.15) is 0 Å². The maximum atomic E-state index is 11.6. The molecule has 0 fully saturated rings. The average molecular weight is 247 g/mol. The monoisotopic (exact) mass is 247 g/mol. The molecule has 1 heterocycles. The van der Waals surface area contributed by atoms with E-state index in [9.17, 15) is 4.79 Å². The largest absolute Gasteiger partial charge is 0.384 e. The van der Waals surface area contributed by atoms with Crippen molar-refractivity contribution < 1.29 is 0 Å². The molecular weight excluding hydrogens is 228 g/mol. The highest BCUT2D eigenvalue weighted by Gasteiger charge is 2.12. The molecule has 0 amide bonds. The molecule has 18 heavy (non-hydrogen) atoms. The van der Waals surface area contributed by atoms with Gasteiger partial charge >= 0.3 is 0 Å². The van der Waals surface area contributed by atoms with Gasteiger partial charge < -0.3 is 5.73 Å². The summed E-state index contributed by atoms with van der Waals surface area (Å²) >= 11 is 0. The normalized spacial score (nSPS) is 11.7. The van der Waals surface area contributed by atoms with Crippen molar-refractivity contribution in [3.05, 3.63) is 46.2 Å². The van der Waals surface area contributed by atoms with Crippen LogP contribution in [0.1, 0.15) is 5.56 Å². The minimum absolute atomic E-state index is 0.108. The second-order valence-electron chi connectivity index (χ2n) is 5.32. The first-order valence-electron chi connectivity index (χ1n) is 5.82. The van der Waals surface area contributed by atoms with E-state index >= 15 is 0 Å². The molecule has 0 radical (unpaired) electrons. The van der Waals surface area contributed by atoms with Gasteiger partial charge in [-0.05, 0) is 11.6 Å². The molecule has 0 unspecified atom stereocenters. The fourth-order valence-electron chi connectivity index (χ4n) is 1.83. The molecule has 2 rings (SSSR count). The number of aromatic nitrogens is 2. The van der Waals surface area contributed by atoms with Gasteiger partial charge in [0.15, 0.2) is 0 Å². The van der Waals surface area contributed by atoms with E-state index in [1.165, 1.54) is 16.4 Å². The van der Waals surface area contributed by atoms with E-state index in [2.05, 4.69) is 38.4 Å². The molecule has 5 nitrogen and oxygen atoms in total. The number of nitrogens with two attached hydrogens (primary N) is 1. The maximum Gasteiger partial charge on any atom is 0.268 e. The van der Waals surface area contributed by atoms with Gasteiger partial charge in [0.05, 0.1) is 27.7 Å². The highest BCUT2D eigenvalue weighted by Crippen LogP contribution is 2.18. The first-order valence-corrected chi connectivity index (χ1v) is 5.82. The quantitative estimate of drug-likeness (QED) is 0.795. The Kier molecular flexibility index (Phi) is 3.00. The fraction of sp³-hybridized carbons (Fsp3) is 0.308. The second-order valence-corrected chi connectivity index (χ2v) is 5.32. The number of hydrogen-bond donors (Lipinski definition) is 2. The summed E-state index contributed by atoms with van der Waals surface area (Å²) < 4.78 is 2.25. The molecule has 0 atom stereocenters. The van der Waals surface area contributed by atoms with Crippen molar-refractivity contribution in [2.45, 2.75) is 6.54 Å². The third-order valence-corrected chi connectivity index (χ3v) is 2.83. The number of nitrogens with one attached hydrogen (secondary N) is 1. The Labute approximate surface area is 106 Å². The molecule has 0 spiro atoms. The Morgan fingerprint density at radius 2 is 2.00 bits per heavy atom. The molecule has 2 aromatic rings. The van der Waals surface area contributed by atoms with Crippen molar-refractivity contribution in [2.75, 3.05) is 26.9 Å². The van der Waals surface area contributed by atoms with Crippen molar-refractivity contribution in [1.29, 1.82) is 0 Å². The summed E-state index contributed by atoms with van der Waals surface area (Å²) in [5, 5.41) is 2.83. The predicted octanol–water partition coefficient (Wildman–Crippen LogP) is 1.00. The zero-order valence-electron chi connectivity index (χ0n) is 11.0. The van der Waals surface area contributed by atoms with Crippen LogP contribution in [0.5, 0.6) is 0 Å². The molecule has 1 aromatic heterocycles. The van der Waals surface area contributed by atoms with Crippen LogP contribution in [-0.2, 0) is 6.54 Å². The van der Waals surface area contributed by atoms with Crippen molar-refractivity contribution in [1.82, 2.24) is 14.3 Å². The number of hydrogen-bond acceptors (Lipinski definition) is 2. The van der Waals surface area contributed by atoms with Crippen LogP contribution in [-0.4, -0.2) is 30.9 Å². The molecule has 5 heteroatoms. The van der Waals surface area contributed by atoms with Crippen LogP contribution in [0.4, 0.5) is 11.5 Å². The van der Waals surface area contributed by atoms with E-state index in [4.69, 9.17) is 5.73 Å². The van der Waals surface area contributed by atoms with Crippen LogP contribution in [0, 0.1) is 0 Å². The fourth-order valence-corrected chi connectivity index (χ4v) is 1.83.